The maximum absolute atomic E-state index is 2.63. The average Bonchev–Trinajstić information content (AvgIpc) is 2.64. The molecule has 1 fully saturated rings. The number of benzene rings is 2. The van der Waals surface area contributed by atoms with E-state index in [2.05, 4.69) is 72.4 Å². The van der Waals surface area contributed by atoms with E-state index in [1.165, 1.54) is 21.6 Å². The fourth-order valence-electron chi connectivity index (χ4n) is 3.51. The number of hydrogen-bond acceptors (Lipinski definition) is 3. The highest BCUT2D eigenvalue weighted by atomic mass is 32.2. The van der Waals surface area contributed by atoms with Crippen molar-refractivity contribution in [1.29, 1.82) is 0 Å². The van der Waals surface area contributed by atoms with E-state index in [1.54, 1.807) is 0 Å². The molecule has 0 amide bonds. The third-order valence-electron chi connectivity index (χ3n) is 4.93. The standard InChI is InChI=1S/C19H22N2S/c1-20(2)15-11-21(12-15)19-16-8-4-3-7-14(16)13-22-18-10-6-5-9-17(18)19/h3-10,15,19H,11-13H2,1-2H3/t19-/m1/s1. The van der Waals surface area contributed by atoms with Gasteiger partial charge >= 0.3 is 0 Å². The zero-order valence-corrected chi connectivity index (χ0v) is 14.0. The minimum atomic E-state index is 0.415. The smallest absolute Gasteiger partial charge is 0.0616 e. The van der Waals surface area contributed by atoms with E-state index in [9.17, 15) is 0 Å². The van der Waals surface area contributed by atoms with Gasteiger partial charge < -0.3 is 4.90 Å². The van der Waals surface area contributed by atoms with Crippen molar-refractivity contribution in [3.63, 3.8) is 0 Å². The van der Waals surface area contributed by atoms with E-state index >= 15 is 0 Å². The maximum Gasteiger partial charge on any atom is 0.0616 e. The number of thioether (sulfide) groups is 1. The molecule has 0 unspecified atom stereocenters. The number of likely N-dealkylation sites (N-methyl/N-ethyl adjacent to an activating group) is 1. The Balaban J connectivity index is 1.75. The van der Waals surface area contributed by atoms with Gasteiger partial charge in [-0.25, -0.2) is 0 Å². The lowest BCUT2D eigenvalue weighted by Crippen LogP contribution is -2.58. The molecule has 0 spiro atoms. The predicted molar refractivity (Wildman–Crippen MR) is 93.3 cm³/mol. The topological polar surface area (TPSA) is 6.48 Å². The maximum atomic E-state index is 2.63. The van der Waals surface area contributed by atoms with Crippen LogP contribution in [-0.2, 0) is 5.75 Å². The summed E-state index contributed by atoms with van der Waals surface area (Å²) < 4.78 is 0. The Morgan fingerprint density at radius 1 is 0.955 bits per heavy atom. The van der Waals surface area contributed by atoms with E-state index in [0.29, 0.717) is 12.1 Å². The van der Waals surface area contributed by atoms with Gasteiger partial charge in [0.1, 0.15) is 0 Å². The number of likely N-dealkylation sites (tertiary alicyclic amines) is 1. The second-order valence-corrected chi connectivity index (χ2v) is 7.52. The Morgan fingerprint density at radius 2 is 1.64 bits per heavy atom. The van der Waals surface area contributed by atoms with Crippen molar-refractivity contribution in [2.45, 2.75) is 22.7 Å². The molecule has 0 saturated carbocycles. The van der Waals surface area contributed by atoms with Crippen molar-refractivity contribution in [3.8, 4) is 0 Å². The zero-order valence-electron chi connectivity index (χ0n) is 13.2. The minimum Gasteiger partial charge on any atom is -0.304 e. The first-order chi connectivity index (χ1) is 10.7. The molecule has 2 nitrogen and oxygen atoms in total. The average molecular weight is 310 g/mol. The number of hydrogen-bond donors (Lipinski definition) is 0. The molecule has 0 N–H and O–H groups in total. The van der Waals surface area contributed by atoms with Crippen LogP contribution in [0.1, 0.15) is 22.7 Å². The third-order valence-corrected chi connectivity index (χ3v) is 6.07. The molecule has 2 aromatic carbocycles. The van der Waals surface area contributed by atoms with Crippen LogP contribution in [0.3, 0.4) is 0 Å². The van der Waals surface area contributed by atoms with Crippen LogP contribution >= 0.6 is 11.8 Å². The summed E-state index contributed by atoms with van der Waals surface area (Å²) in [4.78, 5) is 6.42. The van der Waals surface area contributed by atoms with Crippen LogP contribution in [0, 0.1) is 0 Å². The van der Waals surface area contributed by atoms with Crippen LogP contribution in [0.2, 0.25) is 0 Å². The van der Waals surface area contributed by atoms with Gasteiger partial charge in [0.2, 0.25) is 0 Å². The largest absolute Gasteiger partial charge is 0.304 e. The van der Waals surface area contributed by atoms with Gasteiger partial charge in [-0.3, -0.25) is 4.90 Å². The molecule has 0 aliphatic carbocycles. The SMILES string of the molecule is CN(C)C1CN([C@@H]2c3ccccc3CSc3ccccc32)C1. The van der Waals surface area contributed by atoms with Crippen molar-refractivity contribution in [2.24, 2.45) is 0 Å². The lowest BCUT2D eigenvalue weighted by molar-refractivity contribution is 0.0386. The van der Waals surface area contributed by atoms with Crippen molar-refractivity contribution >= 4 is 11.8 Å². The van der Waals surface area contributed by atoms with Crippen LogP contribution < -0.4 is 0 Å². The van der Waals surface area contributed by atoms with Crippen LogP contribution in [0.25, 0.3) is 0 Å². The predicted octanol–water partition coefficient (Wildman–Crippen LogP) is 3.63. The van der Waals surface area contributed by atoms with Crippen molar-refractivity contribution in [1.82, 2.24) is 9.80 Å². The molecule has 0 bridgehead atoms. The van der Waals surface area contributed by atoms with Gasteiger partial charge in [0.15, 0.2) is 0 Å². The van der Waals surface area contributed by atoms with E-state index in [0.717, 1.165) is 18.8 Å². The normalized spacial score (nSPS) is 21.9. The summed E-state index contributed by atoms with van der Waals surface area (Å²) in [6.07, 6.45) is 0. The Morgan fingerprint density at radius 3 is 2.41 bits per heavy atom. The van der Waals surface area contributed by atoms with E-state index in [1.807, 2.05) is 11.8 Å². The number of nitrogens with zero attached hydrogens (tertiary/aromatic N) is 2. The fraction of sp³-hybridized carbons (Fsp3) is 0.368. The first-order valence-corrected chi connectivity index (χ1v) is 8.92. The Labute approximate surface area is 137 Å². The van der Waals surface area contributed by atoms with E-state index in [4.69, 9.17) is 0 Å². The van der Waals surface area contributed by atoms with Crippen molar-refractivity contribution < 1.29 is 0 Å². The quantitative estimate of drug-likeness (QED) is 0.836. The molecule has 1 saturated heterocycles. The fourth-order valence-corrected chi connectivity index (χ4v) is 4.61. The lowest BCUT2D eigenvalue weighted by Gasteiger charge is -2.47. The Kier molecular flexibility index (Phi) is 3.73. The van der Waals surface area contributed by atoms with Crippen LogP contribution in [0.5, 0.6) is 0 Å². The van der Waals surface area contributed by atoms with Gasteiger partial charge in [0, 0.05) is 29.8 Å². The molecule has 4 rings (SSSR count). The monoisotopic (exact) mass is 310 g/mol. The van der Waals surface area contributed by atoms with Crippen LogP contribution in [-0.4, -0.2) is 43.0 Å². The summed E-state index contributed by atoms with van der Waals surface area (Å²) in [6.45, 7) is 2.32. The summed E-state index contributed by atoms with van der Waals surface area (Å²) in [7, 11) is 4.37. The second kappa shape index (κ2) is 5.73. The van der Waals surface area contributed by atoms with Crippen LogP contribution in [0.15, 0.2) is 53.4 Å². The third kappa shape index (κ3) is 2.37. The summed E-state index contributed by atoms with van der Waals surface area (Å²) in [5, 5.41) is 0. The molecule has 2 aliphatic rings. The number of fused-ring (bicyclic) bond motifs is 2. The minimum absolute atomic E-state index is 0.415. The number of rotatable bonds is 2. The van der Waals surface area contributed by atoms with Gasteiger partial charge in [-0.05, 0) is 36.9 Å². The summed E-state index contributed by atoms with van der Waals surface area (Å²) >= 11 is 1.98. The van der Waals surface area contributed by atoms with Gasteiger partial charge in [0.25, 0.3) is 0 Å². The van der Waals surface area contributed by atoms with Gasteiger partial charge in [0.05, 0.1) is 6.04 Å². The molecule has 22 heavy (non-hydrogen) atoms. The molecule has 2 heterocycles. The highest BCUT2D eigenvalue weighted by Crippen LogP contribution is 2.43. The Hall–Kier alpha value is -1.29. The van der Waals surface area contributed by atoms with Gasteiger partial charge in [-0.1, -0.05) is 42.5 Å². The van der Waals surface area contributed by atoms with Crippen LogP contribution in [0.4, 0.5) is 0 Å². The molecular formula is C19H22N2S. The van der Waals surface area contributed by atoms with Crippen molar-refractivity contribution in [3.05, 3.63) is 65.2 Å². The molecule has 114 valence electrons. The van der Waals surface area contributed by atoms with Gasteiger partial charge in [-0.2, -0.15) is 0 Å². The highest BCUT2D eigenvalue weighted by Gasteiger charge is 2.37. The first-order valence-electron chi connectivity index (χ1n) is 7.94. The second-order valence-electron chi connectivity index (χ2n) is 6.50. The Bertz CT molecular complexity index is 629. The van der Waals surface area contributed by atoms with E-state index in [-0.39, 0.29) is 0 Å². The molecule has 2 aliphatic heterocycles. The molecule has 0 aromatic heterocycles. The summed E-state index contributed by atoms with van der Waals surface area (Å²) in [5.74, 6) is 1.08. The molecule has 0 radical (unpaired) electrons. The first kappa shape index (κ1) is 14.3. The van der Waals surface area contributed by atoms with Gasteiger partial charge in [-0.15, -0.1) is 11.8 Å². The lowest BCUT2D eigenvalue weighted by atomic mass is 9.90. The summed E-state index contributed by atoms with van der Waals surface area (Å²) in [5.41, 5.74) is 4.47. The molecule has 1 atom stereocenters. The van der Waals surface area contributed by atoms with Crippen molar-refractivity contribution in [2.75, 3.05) is 27.2 Å². The summed E-state index contributed by atoms with van der Waals surface area (Å²) in [6, 6.07) is 19.0. The molecule has 2 aromatic rings. The highest BCUT2D eigenvalue weighted by molar-refractivity contribution is 7.98. The van der Waals surface area contributed by atoms with E-state index < -0.39 is 0 Å². The molecular weight excluding hydrogens is 288 g/mol. The zero-order chi connectivity index (χ0) is 15.1. The molecule has 3 heteroatoms.